The van der Waals surface area contributed by atoms with Crippen molar-refractivity contribution in [3.05, 3.63) is 58.4 Å². The van der Waals surface area contributed by atoms with Crippen molar-refractivity contribution in [1.29, 1.82) is 0 Å². The summed E-state index contributed by atoms with van der Waals surface area (Å²) in [5.41, 5.74) is 3.78. The molecule has 1 aliphatic rings. The van der Waals surface area contributed by atoms with Gasteiger partial charge in [-0.15, -0.1) is 0 Å². The first-order chi connectivity index (χ1) is 16.3. The molecule has 8 heteroatoms. The molecule has 182 valence electrons. The van der Waals surface area contributed by atoms with E-state index in [-0.39, 0.29) is 11.8 Å². The number of fused-ring (bicyclic) bond motifs is 1. The Bertz CT molecular complexity index is 1160. The lowest BCUT2D eigenvalue weighted by molar-refractivity contribution is -0.0757. The van der Waals surface area contributed by atoms with Gasteiger partial charge in [0.1, 0.15) is 17.6 Å². The summed E-state index contributed by atoms with van der Waals surface area (Å²) >= 11 is 0. The number of carboxylic acid groups (broad SMARTS) is 1. The smallest absolute Gasteiger partial charge is 0.354 e. The van der Waals surface area contributed by atoms with Gasteiger partial charge in [-0.05, 0) is 68.1 Å². The Labute approximate surface area is 199 Å². The molecule has 1 fully saturated rings. The molecule has 0 unspecified atom stereocenters. The molecule has 1 saturated carbocycles. The lowest BCUT2D eigenvalue weighted by atomic mass is 9.98. The van der Waals surface area contributed by atoms with Crippen LogP contribution in [0.2, 0.25) is 0 Å². The number of hydrogen-bond donors (Lipinski definition) is 2. The number of nitrogens with zero attached hydrogens (tertiary/aromatic N) is 2. The van der Waals surface area contributed by atoms with Gasteiger partial charge in [0.25, 0.3) is 0 Å². The van der Waals surface area contributed by atoms with E-state index in [0.29, 0.717) is 34.7 Å². The van der Waals surface area contributed by atoms with Gasteiger partial charge in [-0.1, -0.05) is 12.8 Å². The summed E-state index contributed by atoms with van der Waals surface area (Å²) in [4.78, 5) is 11.7. The summed E-state index contributed by atoms with van der Waals surface area (Å²) in [6.45, 7) is 3.76. The predicted octanol–water partition coefficient (Wildman–Crippen LogP) is 4.27. The predicted molar refractivity (Wildman–Crippen MR) is 127 cm³/mol. The fraction of sp³-hybridized carbons (Fsp3) is 0.462. The van der Waals surface area contributed by atoms with Crippen LogP contribution in [-0.4, -0.2) is 52.2 Å². The topological polar surface area (TPSA) is 103 Å². The van der Waals surface area contributed by atoms with Gasteiger partial charge in [0.15, 0.2) is 5.69 Å². The summed E-state index contributed by atoms with van der Waals surface area (Å²) in [6, 6.07) is 8.96. The molecule has 2 atom stereocenters. The lowest BCUT2D eigenvalue weighted by Gasteiger charge is -2.27. The van der Waals surface area contributed by atoms with Crippen molar-refractivity contribution >= 4 is 11.5 Å². The molecular weight excluding hydrogens is 436 g/mol. The number of rotatable bonds is 9. The van der Waals surface area contributed by atoms with Crippen molar-refractivity contribution in [2.45, 2.75) is 64.3 Å². The molecule has 1 aliphatic carbocycles. The fourth-order valence-electron chi connectivity index (χ4n) is 4.75. The Morgan fingerprint density at radius 3 is 2.32 bits per heavy atom. The van der Waals surface area contributed by atoms with Gasteiger partial charge < -0.3 is 24.4 Å². The second kappa shape index (κ2) is 10.0. The third-order valence-corrected chi connectivity index (χ3v) is 6.52. The number of aliphatic hydroxyl groups is 1. The highest BCUT2D eigenvalue weighted by atomic mass is 16.5. The van der Waals surface area contributed by atoms with E-state index in [2.05, 4.69) is 5.10 Å². The van der Waals surface area contributed by atoms with Crippen molar-refractivity contribution in [2.24, 2.45) is 0 Å². The van der Waals surface area contributed by atoms with Crippen molar-refractivity contribution < 1.29 is 29.2 Å². The third kappa shape index (κ3) is 4.88. The van der Waals surface area contributed by atoms with Crippen LogP contribution in [0, 0.1) is 13.8 Å². The van der Waals surface area contributed by atoms with Crippen LogP contribution in [0.1, 0.15) is 64.7 Å². The molecule has 2 aromatic heterocycles. The molecule has 2 heterocycles. The molecule has 0 saturated heterocycles. The summed E-state index contributed by atoms with van der Waals surface area (Å²) in [5, 5.41) is 25.6. The van der Waals surface area contributed by atoms with Gasteiger partial charge >= 0.3 is 5.97 Å². The number of aromatic carboxylic acids is 1. The van der Waals surface area contributed by atoms with Crippen LogP contribution in [0.25, 0.3) is 5.52 Å². The minimum absolute atomic E-state index is 0.0720. The van der Waals surface area contributed by atoms with Crippen molar-refractivity contribution in [3.63, 3.8) is 0 Å². The maximum absolute atomic E-state index is 11.7. The number of hydrogen-bond acceptors (Lipinski definition) is 6. The van der Waals surface area contributed by atoms with Gasteiger partial charge in [-0.2, -0.15) is 5.10 Å². The van der Waals surface area contributed by atoms with Gasteiger partial charge in [0.05, 0.1) is 37.6 Å². The second-order valence-electron chi connectivity index (χ2n) is 8.98. The number of aromatic nitrogens is 2. The normalized spacial score (nSPS) is 16.0. The molecular formula is C26H32N2O6. The average Bonchev–Trinajstić information content (AvgIpc) is 3.47. The molecule has 8 nitrogen and oxygen atoms in total. The Kier molecular flexibility index (Phi) is 7.09. The molecule has 3 aromatic rings. The number of methoxy groups -OCH3 is 2. The number of carbonyl (C=O) groups is 1. The van der Waals surface area contributed by atoms with E-state index in [1.54, 1.807) is 20.3 Å². The zero-order valence-electron chi connectivity index (χ0n) is 20.1. The maximum atomic E-state index is 11.7. The van der Waals surface area contributed by atoms with Crippen LogP contribution in [-0.2, 0) is 11.2 Å². The minimum atomic E-state index is -1.04. The maximum Gasteiger partial charge on any atom is 0.354 e. The molecule has 0 spiro atoms. The van der Waals surface area contributed by atoms with Crippen molar-refractivity contribution in [1.82, 2.24) is 9.61 Å². The summed E-state index contributed by atoms with van der Waals surface area (Å²) in [5.74, 6) is 0.214. The summed E-state index contributed by atoms with van der Waals surface area (Å²) < 4.78 is 18.8. The van der Waals surface area contributed by atoms with E-state index in [4.69, 9.17) is 14.2 Å². The zero-order valence-corrected chi connectivity index (χ0v) is 20.1. The zero-order chi connectivity index (χ0) is 24.4. The summed E-state index contributed by atoms with van der Waals surface area (Å²) in [6.07, 6.45) is 3.01. The SMILES string of the molecule is COc1cc([C@@H](O)[C@H](Cc2cc3cc(C)cc(C(=O)O)n3n2)OC2CCCC2)cc(OC)c1C. The van der Waals surface area contributed by atoms with E-state index in [1.165, 1.54) is 4.52 Å². The molecule has 0 bridgehead atoms. The standard InChI is InChI=1S/C26H32N2O6/c1-15-9-19-13-18(27-28(19)21(10-15)26(30)31)14-24(34-20-7-5-6-8-20)25(29)17-11-22(32-3)16(2)23(12-17)33-4/h9-13,20,24-25,29H,5-8,14H2,1-4H3,(H,30,31)/t24-,25+/m0/s1. The quantitative estimate of drug-likeness (QED) is 0.483. The van der Waals surface area contributed by atoms with E-state index in [0.717, 1.165) is 36.8 Å². The van der Waals surface area contributed by atoms with Crippen LogP contribution in [0.5, 0.6) is 11.5 Å². The highest BCUT2D eigenvalue weighted by Gasteiger charge is 2.29. The largest absolute Gasteiger partial charge is 0.496 e. The van der Waals surface area contributed by atoms with Crippen molar-refractivity contribution in [3.8, 4) is 11.5 Å². The van der Waals surface area contributed by atoms with Crippen LogP contribution in [0.15, 0.2) is 30.3 Å². The number of pyridine rings is 1. The Balaban J connectivity index is 1.69. The Morgan fingerprint density at radius 2 is 1.74 bits per heavy atom. The molecule has 1 aromatic carbocycles. The first-order valence-corrected chi connectivity index (χ1v) is 11.6. The molecule has 0 amide bonds. The van der Waals surface area contributed by atoms with E-state index < -0.39 is 18.2 Å². The first kappa shape index (κ1) is 24.0. The molecule has 2 N–H and O–H groups in total. The van der Waals surface area contributed by atoms with Gasteiger partial charge in [0.2, 0.25) is 0 Å². The third-order valence-electron chi connectivity index (χ3n) is 6.52. The van der Waals surface area contributed by atoms with E-state index in [9.17, 15) is 15.0 Å². The van der Waals surface area contributed by atoms with Crippen molar-refractivity contribution in [2.75, 3.05) is 14.2 Å². The number of aryl methyl sites for hydroxylation is 1. The highest BCUT2D eigenvalue weighted by Crippen LogP contribution is 2.35. The minimum Gasteiger partial charge on any atom is -0.496 e. The van der Waals surface area contributed by atoms with Gasteiger partial charge in [-0.3, -0.25) is 0 Å². The molecule has 34 heavy (non-hydrogen) atoms. The number of ether oxygens (including phenoxy) is 3. The van der Waals surface area contributed by atoms with E-state index in [1.807, 2.05) is 38.1 Å². The van der Waals surface area contributed by atoms with Crippen LogP contribution < -0.4 is 9.47 Å². The first-order valence-electron chi connectivity index (χ1n) is 11.6. The number of benzene rings is 1. The number of carboxylic acids is 1. The second-order valence-corrected chi connectivity index (χ2v) is 8.98. The van der Waals surface area contributed by atoms with Gasteiger partial charge in [0, 0.05) is 12.0 Å². The fourth-order valence-corrected chi connectivity index (χ4v) is 4.75. The average molecular weight is 469 g/mol. The Morgan fingerprint density at radius 1 is 1.09 bits per heavy atom. The summed E-state index contributed by atoms with van der Waals surface area (Å²) in [7, 11) is 3.17. The highest BCUT2D eigenvalue weighted by molar-refractivity contribution is 5.87. The van der Waals surface area contributed by atoms with Gasteiger partial charge in [-0.25, -0.2) is 9.31 Å². The lowest BCUT2D eigenvalue weighted by Crippen LogP contribution is -2.29. The van der Waals surface area contributed by atoms with Crippen LogP contribution >= 0.6 is 0 Å². The molecule has 4 rings (SSSR count). The monoisotopic (exact) mass is 468 g/mol. The van der Waals surface area contributed by atoms with Crippen LogP contribution in [0.3, 0.4) is 0 Å². The Hall–Kier alpha value is -3.10. The molecule has 0 radical (unpaired) electrons. The van der Waals surface area contributed by atoms with E-state index >= 15 is 0 Å². The molecule has 0 aliphatic heterocycles. The van der Waals surface area contributed by atoms with Crippen LogP contribution in [0.4, 0.5) is 0 Å². The number of aliphatic hydroxyl groups excluding tert-OH is 1.